The van der Waals surface area contributed by atoms with Crippen LogP contribution >= 0.6 is 0 Å². The molecule has 0 atom stereocenters. The van der Waals surface area contributed by atoms with E-state index in [1.165, 1.54) is 6.07 Å². The molecule has 0 spiro atoms. The second-order valence-electron chi connectivity index (χ2n) is 5.56. The summed E-state index contributed by atoms with van der Waals surface area (Å²) in [6, 6.07) is 13.8. The molecule has 3 rings (SSSR count). The average Bonchev–Trinajstić information content (AvgIpc) is 3.07. The van der Waals surface area contributed by atoms with Crippen molar-refractivity contribution in [3.8, 4) is 6.07 Å². The van der Waals surface area contributed by atoms with Gasteiger partial charge in [-0.15, -0.1) is 0 Å². The quantitative estimate of drug-likeness (QED) is 0.652. The number of benzene rings is 1. The summed E-state index contributed by atoms with van der Waals surface area (Å²) in [6.07, 6.45) is 1.16. The summed E-state index contributed by atoms with van der Waals surface area (Å²) in [4.78, 5) is 3.75. The first-order valence-corrected chi connectivity index (χ1v) is 7.67. The Hall–Kier alpha value is -3.40. The van der Waals surface area contributed by atoms with E-state index in [1.807, 2.05) is 36.4 Å². The fourth-order valence-electron chi connectivity index (χ4n) is 2.36. The van der Waals surface area contributed by atoms with Crippen LogP contribution in [0.1, 0.15) is 22.4 Å². The number of halogens is 3. The lowest BCUT2D eigenvalue weighted by molar-refractivity contribution is -0.137. The number of rotatable bonds is 4. The van der Waals surface area contributed by atoms with Crippen LogP contribution in [0.25, 0.3) is 11.6 Å². The number of hydrogen-bond acceptors (Lipinski definition) is 3. The maximum absolute atomic E-state index is 12.6. The summed E-state index contributed by atoms with van der Waals surface area (Å²) < 4.78 is 39.5. The number of nitriles is 1. The van der Waals surface area contributed by atoms with Crippen molar-refractivity contribution in [2.45, 2.75) is 12.7 Å². The van der Waals surface area contributed by atoms with Crippen LogP contribution in [0.15, 0.2) is 61.1 Å². The van der Waals surface area contributed by atoms with Gasteiger partial charge in [-0.25, -0.2) is 0 Å². The summed E-state index contributed by atoms with van der Waals surface area (Å²) in [5.74, 6) is 0. The Morgan fingerprint density at radius 1 is 1.12 bits per heavy atom. The number of hydrogen-bond donors (Lipinski definition) is 0. The zero-order chi connectivity index (χ0) is 18.6. The zero-order valence-corrected chi connectivity index (χ0v) is 13.5. The smallest absolute Gasteiger partial charge is 0.268 e. The van der Waals surface area contributed by atoms with Gasteiger partial charge in [-0.05, 0) is 23.8 Å². The molecule has 0 saturated carbocycles. The molecule has 1 aromatic carbocycles. The average molecular weight is 354 g/mol. The van der Waals surface area contributed by atoms with Gasteiger partial charge >= 0.3 is 6.18 Å². The topological polar surface area (TPSA) is 54.5 Å². The van der Waals surface area contributed by atoms with Crippen LogP contribution in [0.2, 0.25) is 0 Å². The van der Waals surface area contributed by atoms with E-state index in [0.29, 0.717) is 12.1 Å². The van der Waals surface area contributed by atoms with Gasteiger partial charge in [0.05, 0.1) is 29.6 Å². The number of aromatic nitrogens is 3. The molecule has 2 aromatic heterocycles. The minimum Gasteiger partial charge on any atom is -0.268 e. The molecule has 26 heavy (non-hydrogen) atoms. The minimum atomic E-state index is -4.46. The molecule has 130 valence electrons. The fourth-order valence-corrected chi connectivity index (χ4v) is 2.36. The molecule has 0 N–H and O–H groups in total. The van der Waals surface area contributed by atoms with Gasteiger partial charge in [0, 0.05) is 18.0 Å². The molecule has 0 fully saturated rings. The Balaban J connectivity index is 1.80. The van der Waals surface area contributed by atoms with Gasteiger partial charge in [-0.1, -0.05) is 30.3 Å². The third-order valence-corrected chi connectivity index (χ3v) is 3.64. The Morgan fingerprint density at radius 2 is 1.88 bits per heavy atom. The molecular weight excluding hydrogens is 341 g/mol. The standard InChI is InChI=1S/C19H13F3N4/c20-19(21,22)17-6-7-18(24-11-17)16(9-23)8-15-10-25-26(13-15)12-14-4-2-1-3-5-14/h1-8,10-11,13H,12H2/b16-8+. The molecule has 0 bridgehead atoms. The second kappa shape index (κ2) is 7.23. The van der Waals surface area contributed by atoms with Crippen molar-refractivity contribution in [2.24, 2.45) is 0 Å². The van der Waals surface area contributed by atoms with Crippen molar-refractivity contribution in [3.05, 3.63) is 83.4 Å². The fraction of sp³-hybridized carbons (Fsp3) is 0.105. The molecule has 2 heterocycles. The van der Waals surface area contributed by atoms with E-state index in [4.69, 9.17) is 0 Å². The molecule has 0 amide bonds. The summed E-state index contributed by atoms with van der Waals surface area (Å²) in [5.41, 5.74) is 1.23. The molecule has 4 nitrogen and oxygen atoms in total. The zero-order valence-electron chi connectivity index (χ0n) is 13.5. The number of alkyl halides is 3. The van der Waals surface area contributed by atoms with Crippen LogP contribution < -0.4 is 0 Å². The van der Waals surface area contributed by atoms with E-state index in [0.717, 1.165) is 17.8 Å². The van der Waals surface area contributed by atoms with E-state index < -0.39 is 11.7 Å². The maximum Gasteiger partial charge on any atom is 0.417 e. The lowest BCUT2D eigenvalue weighted by Crippen LogP contribution is -2.05. The molecule has 0 unspecified atom stereocenters. The van der Waals surface area contributed by atoms with Crippen LogP contribution in [0.4, 0.5) is 13.2 Å². The highest BCUT2D eigenvalue weighted by atomic mass is 19.4. The Labute approximate surface area is 147 Å². The Kier molecular flexibility index (Phi) is 4.85. The van der Waals surface area contributed by atoms with Crippen molar-refractivity contribution < 1.29 is 13.2 Å². The number of allylic oxidation sites excluding steroid dienone is 1. The van der Waals surface area contributed by atoms with Crippen LogP contribution in [0.5, 0.6) is 0 Å². The van der Waals surface area contributed by atoms with Crippen LogP contribution in [-0.4, -0.2) is 14.8 Å². The highest BCUT2D eigenvalue weighted by Gasteiger charge is 2.30. The maximum atomic E-state index is 12.6. The Bertz CT molecular complexity index is 949. The molecule has 3 aromatic rings. The van der Waals surface area contributed by atoms with Gasteiger partial charge < -0.3 is 0 Å². The first kappa shape index (κ1) is 17.4. The van der Waals surface area contributed by atoms with Crippen LogP contribution in [0.3, 0.4) is 0 Å². The molecule has 7 heteroatoms. The van der Waals surface area contributed by atoms with Crippen molar-refractivity contribution in [1.82, 2.24) is 14.8 Å². The largest absolute Gasteiger partial charge is 0.417 e. The van der Waals surface area contributed by atoms with E-state index in [2.05, 4.69) is 10.1 Å². The first-order chi connectivity index (χ1) is 12.5. The Morgan fingerprint density at radius 3 is 2.50 bits per heavy atom. The summed E-state index contributed by atoms with van der Waals surface area (Å²) in [6.45, 7) is 0.578. The molecule has 0 saturated heterocycles. The van der Waals surface area contributed by atoms with Crippen LogP contribution in [0, 0.1) is 11.3 Å². The highest BCUT2D eigenvalue weighted by molar-refractivity contribution is 5.87. The van der Waals surface area contributed by atoms with Crippen molar-refractivity contribution in [2.75, 3.05) is 0 Å². The number of pyridine rings is 1. The first-order valence-electron chi connectivity index (χ1n) is 7.67. The predicted molar refractivity (Wildman–Crippen MR) is 90.5 cm³/mol. The normalized spacial score (nSPS) is 12.0. The van der Waals surface area contributed by atoms with E-state index in [9.17, 15) is 18.4 Å². The van der Waals surface area contributed by atoms with Gasteiger partial charge in [-0.3, -0.25) is 9.67 Å². The van der Waals surface area contributed by atoms with Crippen molar-refractivity contribution in [3.63, 3.8) is 0 Å². The van der Waals surface area contributed by atoms with Gasteiger partial charge in [0.15, 0.2) is 0 Å². The van der Waals surface area contributed by atoms with E-state index in [1.54, 1.807) is 23.2 Å². The third-order valence-electron chi connectivity index (χ3n) is 3.64. The predicted octanol–water partition coefficient (Wildman–Crippen LogP) is 4.41. The molecule has 0 aliphatic rings. The monoisotopic (exact) mass is 354 g/mol. The lowest BCUT2D eigenvalue weighted by atomic mass is 10.1. The summed E-state index contributed by atoms with van der Waals surface area (Å²) in [7, 11) is 0. The van der Waals surface area contributed by atoms with Crippen molar-refractivity contribution in [1.29, 1.82) is 5.26 Å². The highest BCUT2D eigenvalue weighted by Crippen LogP contribution is 2.29. The second-order valence-corrected chi connectivity index (χ2v) is 5.56. The minimum absolute atomic E-state index is 0.165. The summed E-state index contributed by atoms with van der Waals surface area (Å²) in [5, 5.41) is 13.5. The molecule has 0 aliphatic heterocycles. The molecule has 0 aliphatic carbocycles. The van der Waals surface area contributed by atoms with E-state index in [-0.39, 0.29) is 11.3 Å². The van der Waals surface area contributed by atoms with Gasteiger partial charge in [-0.2, -0.15) is 23.5 Å². The van der Waals surface area contributed by atoms with Gasteiger partial charge in [0.1, 0.15) is 6.07 Å². The molecular formula is C19H13F3N4. The van der Waals surface area contributed by atoms with E-state index >= 15 is 0 Å². The van der Waals surface area contributed by atoms with Gasteiger partial charge in [0.2, 0.25) is 0 Å². The van der Waals surface area contributed by atoms with Gasteiger partial charge in [0.25, 0.3) is 0 Å². The molecule has 0 radical (unpaired) electrons. The number of nitrogens with zero attached hydrogens (tertiary/aromatic N) is 4. The van der Waals surface area contributed by atoms with Crippen LogP contribution in [-0.2, 0) is 12.7 Å². The third kappa shape index (κ3) is 4.16. The SMILES string of the molecule is N#C/C(=C\c1cnn(Cc2ccccc2)c1)c1ccc(C(F)(F)F)cn1. The summed E-state index contributed by atoms with van der Waals surface area (Å²) >= 11 is 0. The van der Waals surface area contributed by atoms with Crippen molar-refractivity contribution >= 4 is 11.6 Å². The lowest BCUT2D eigenvalue weighted by Gasteiger charge is -2.06.